The van der Waals surface area contributed by atoms with Crippen molar-refractivity contribution in [3.05, 3.63) is 23.8 Å². The number of aliphatic hydroxyl groups excluding tert-OH is 1. The molecule has 0 unspecified atom stereocenters. The summed E-state index contributed by atoms with van der Waals surface area (Å²) in [5.41, 5.74) is 0.631. The van der Waals surface area contributed by atoms with Gasteiger partial charge in [-0.3, -0.25) is 4.99 Å². The number of nitrogens with one attached hydrogen (secondary N) is 1. The van der Waals surface area contributed by atoms with E-state index in [-0.39, 0.29) is 12.4 Å². The standard InChI is InChI=1S/C12H18N2O3/c1-17-11-2-3-12(16)10(8-11)9-14-5-4-13-6-7-15/h2-3,8-9,13,15-16H,4-7H2,1H3. The molecule has 0 aliphatic heterocycles. The highest BCUT2D eigenvalue weighted by Crippen LogP contribution is 2.20. The summed E-state index contributed by atoms with van der Waals surface area (Å²) in [6, 6.07) is 4.99. The summed E-state index contributed by atoms with van der Waals surface area (Å²) in [5, 5.41) is 21.1. The van der Waals surface area contributed by atoms with Crippen LogP contribution < -0.4 is 10.1 Å². The van der Waals surface area contributed by atoms with Gasteiger partial charge in [0.05, 0.1) is 20.3 Å². The summed E-state index contributed by atoms with van der Waals surface area (Å²) in [5.74, 6) is 0.862. The molecule has 0 amide bonds. The van der Waals surface area contributed by atoms with Crippen LogP contribution in [0.25, 0.3) is 0 Å². The molecule has 0 saturated heterocycles. The maximum Gasteiger partial charge on any atom is 0.124 e. The van der Waals surface area contributed by atoms with E-state index < -0.39 is 0 Å². The molecule has 1 aromatic carbocycles. The Labute approximate surface area is 101 Å². The Bertz CT molecular complexity index is 367. The monoisotopic (exact) mass is 238 g/mol. The maximum absolute atomic E-state index is 9.58. The van der Waals surface area contributed by atoms with Crippen molar-refractivity contribution < 1.29 is 14.9 Å². The molecular weight excluding hydrogens is 220 g/mol. The zero-order chi connectivity index (χ0) is 12.5. The van der Waals surface area contributed by atoms with E-state index in [1.165, 1.54) is 0 Å². The number of hydrogen-bond acceptors (Lipinski definition) is 5. The van der Waals surface area contributed by atoms with Gasteiger partial charge in [-0.2, -0.15) is 0 Å². The first-order valence-electron chi connectivity index (χ1n) is 5.46. The minimum atomic E-state index is 0.125. The summed E-state index contributed by atoms with van der Waals surface area (Å²) in [4.78, 5) is 4.16. The molecular formula is C12H18N2O3. The zero-order valence-electron chi connectivity index (χ0n) is 9.89. The number of aliphatic hydroxyl groups is 1. The quantitative estimate of drug-likeness (QED) is 0.475. The van der Waals surface area contributed by atoms with Crippen molar-refractivity contribution in [1.82, 2.24) is 5.32 Å². The molecule has 0 aliphatic rings. The average molecular weight is 238 g/mol. The molecule has 1 rings (SSSR count). The third-order valence-electron chi connectivity index (χ3n) is 2.17. The minimum Gasteiger partial charge on any atom is -0.507 e. The molecule has 0 saturated carbocycles. The Balaban J connectivity index is 2.46. The molecule has 0 spiro atoms. The number of methoxy groups -OCH3 is 1. The van der Waals surface area contributed by atoms with Gasteiger partial charge in [-0.15, -0.1) is 0 Å². The summed E-state index contributed by atoms with van der Waals surface area (Å²) in [6.07, 6.45) is 1.61. The highest BCUT2D eigenvalue weighted by atomic mass is 16.5. The topological polar surface area (TPSA) is 74.1 Å². The Hall–Kier alpha value is -1.59. The van der Waals surface area contributed by atoms with E-state index in [1.807, 2.05) is 0 Å². The first-order chi connectivity index (χ1) is 8.27. The van der Waals surface area contributed by atoms with Gasteiger partial charge in [-0.25, -0.2) is 0 Å². The Morgan fingerprint density at radius 1 is 1.41 bits per heavy atom. The highest BCUT2D eigenvalue weighted by molar-refractivity contribution is 5.84. The van der Waals surface area contributed by atoms with E-state index in [0.29, 0.717) is 30.9 Å². The highest BCUT2D eigenvalue weighted by Gasteiger charge is 1.99. The molecule has 0 atom stereocenters. The largest absolute Gasteiger partial charge is 0.507 e. The van der Waals surface area contributed by atoms with E-state index >= 15 is 0 Å². The van der Waals surface area contributed by atoms with Gasteiger partial charge in [-0.1, -0.05) is 0 Å². The SMILES string of the molecule is COc1ccc(O)c(C=NCCNCCO)c1. The van der Waals surface area contributed by atoms with Crippen molar-refractivity contribution in [2.24, 2.45) is 4.99 Å². The number of phenols is 1. The summed E-state index contributed by atoms with van der Waals surface area (Å²) < 4.78 is 5.06. The third-order valence-corrected chi connectivity index (χ3v) is 2.17. The summed E-state index contributed by atoms with van der Waals surface area (Å²) >= 11 is 0. The molecule has 0 heterocycles. The lowest BCUT2D eigenvalue weighted by Crippen LogP contribution is -2.21. The van der Waals surface area contributed by atoms with Crippen LogP contribution in [0.3, 0.4) is 0 Å². The van der Waals surface area contributed by atoms with Crippen molar-refractivity contribution in [3.63, 3.8) is 0 Å². The number of aliphatic imine (C=N–C) groups is 1. The number of benzene rings is 1. The number of nitrogens with zero attached hydrogens (tertiary/aromatic N) is 1. The molecule has 0 fully saturated rings. The molecule has 3 N–H and O–H groups in total. The van der Waals surface area contributed by atoms with Crippen LogP contribution in [0.15, 0.2) is 23.2 Å². The second-order valence-corrected chi connectivity index (χ2v) is 3.43. The van der Waals surface area contributed by atoms with Crippen LogP contribution in [-0.4, -0.2) is 49.8 Å². The molecule has 5 nitrogen and oxygen atoms in total. The predicted octanol–water partition coefficient (Wildman–Crippen LogP) is 0.402. The van der Waals surface area contributed by atoms with Gasteiger partial charge in [0.15, 0.2) is 0 Å². The summed E-state index contributed by atoms with van der Waals surface area (Å²) in [6.45, 7) is 1.98. The fourth-order valence-electron chi connectivity index (χ4n) is 1.27. The molecule has 94 valence electrons. The first-order valence-corrected chi connectivity index (χ1v) is 5.46. The van der Waals surface area contributed by atoms with Crippen LogP contribution in [0.5, 0.6) is 11.5 Å². The molecule has 1 aromatic rings. The van der Waals surface area contributed by atoms with Gasteiger partial charge in [0.2, 0.25) is 0 Å². The van der Waals surface area contributed by atoms with Crippen molar-refractivity contribution in [2.45, 2.75) is 0 Å². The molecule has 5 heteroatoms. The van der Waals surface area contributed by atoms with Gasteiger partial charge in [0, 0.05) is 24.9 Å². The van der Waals surface area contributed by atoms with E-state index in [0.717, 1.165) is 0 Å². The smallest absolute Gasteiger partial charge is 0.124 e. The fourth-order valence-corrected chi connectivity index (χ4v) is 1.27. The van der Waals surface area contributed by atoms with Crippen LogP contribution in [0.1, 0.15) is 5.56 Å². The van der Waals surface area contributed by atoms with Crippen LogP contribution in [0.2, 0.25) is 0 Å². The lowest BCUT2D eigenvalue weighted by Gasteiger charge is -2.03. The number of hydrogen-bond donors (Lipinski definition) is 3. The van der Waals surface area contributed by atoms with Gasteiger partial charge < -0.3 is 20.3 Å². The van der Waals surface area contributed by atoms with E-state index in [4.69, 9.17) is 9.84 Å². The van der Waals surface area contributed by atoms with Crippen LogP contribution in [-0.2, 0) is 0 Å². The fraction of sp³-hybridized carbons (Fsp3) is 0.417. The molecule has 0 bridgehead atoms. The Morgan fingerprint density at radius 2 is 2.24 bits per heavy atom. The van der Waals surface area contributed by atoms with Gasteiger partial charge in [0.25, 0.3) is 0 Å². The molecule has 0 aromatic heterocycles. The Morgan fingerprint density at radius 3 is 2.94 bits per heavy atom. The van der Waals surface area contributed by atoms with Crippen LogP contribution >= 0.6 is 0 Å². The molecule has 17 heavy (non-hydrogen) atoms. The van der Waals surface area contributed by atoms with E-state index in [2.05, 4.69) is 10.3 Å². The van der Waals surface area contributed by atoms with Crippen molar-refractivity contribution in [1.29, 1.82) is 0 Å². The summed E-state index contributed by atoms with van der Waals surface area (Å²) in [7, 11) is 1.58. The van der Waals surface area contributed by atoms with Crippen LogP contribution in [0.4, 0.5) is 0 Å². The Kier molecular flexibility index (Phi) is 6.06. The van der Waals surface area contributed by atoms with Gasteiger partial charge in [0.1, 0.15) is 11.5 Å². The predicted molar refractivity (Wildman–Crippen MR) is 67.1 cm³/mol. The maximum atomic E-state index is 9.58. The number of aromatic hydroxyl groups is 1. The first kappa shape index (κ1) is 13.5. The van der Waals surface area contributed by atoms with E-state index in [1.54, 1.807) is 31.5 Å². The number of ether oxygens (including phenoxy) is 1. The second-order valence-electron chi connectivity index (χ2n) is 3.43. The molecule has 0 aliphatic carbocycles. The minimum absolute atomic E-state index is 0.125. The number of rotatable bonds is 7. The normalized spacial score (nSPS) is 10.9. The average Bonchev–Trinajstić information content (AvgIpc) is 2.35. The lowest BCUT2D eigenvalue weighted by molar-refractivity contribution is 0.293. The van der Waals surface area contributed by atoms with Crippen molar-refractivity contribution >= 4 is 6.21 Å². The van der Waals surface area contributed by atoms with E-state index in [9.17, 15) is 5.11 Å². The number of phenolic OH excluding ortho intramolecular Hbond substituents is 1. The molecule has 0 radical (unpaired) electrons. The van der Waals surface area contributed by atoms with Gasteiger partial charge in [-0.05, 0) is 18.2 Å². The van der Waals surface area contributed by atoms with Gasteiger partial charge >= 0.3 is 0 Å². The third kappa shape index (κ3) is 4.84. The van der Waals surface area contributed by atoms with Crippen molar-refractivity contribution in [3.8, 4) is 11.5 Å². The zero-order valence-corrected chi connectivity index (χ0v) is 9.89. The van der Waals surface area contributed by atoms with Crippen molar-refractivity contribution in [2.75, 3.05) is 33.4 Å². The lowest BCUT2D eigenvalue weighted by atomic mass is 10.2. The second kappa shape index (κ2) is 7.65. The van der Waals surface area contributed by atoms with Crippen LogP contribution in [0, 0.1) is 0 Å².